The van der Waals surface area contributed by atoms with Crippen molar-refractivity contribution < 1.29 is 51.8 Å². The van der Waals surface area contributed by atoms with Crippen molar-refractivity contribution in [2.45, 2.75) is 49.1 Å². The Hall–Kier alpha value is -3.31. The molecule has 0 amide bonds. The minimum Gasteiger partial charge on any atom is -0.387 e. The van der Waals surface area contributed by atoms with Crippen LogP contribution in [0.4, 0.5) is 5.82 Å². The van der Waals surface area contributed by atoms with E-state index >= 15 is 0 Å². The lowest BCUT2D eigenvalue weighted by Gasteiger charge is -2.26. The Bertz CT molecular complexity index is 2170. The van der Waals surface area contributed by atoms with Crippen LogP contribution in [0.15, 0.2) is 36.2 Å². The number of hydrogen-bond acceptors (Lipinski definition) is 17. The van der Waals surface area contributed by atoms with Gasteiger partial charge in [0.1, 0.15) is 48.5 Å². The summed E-state index contributed by atoms with van der Waals surface area (Å²) in [6, 6.07) is 0. The van der Waals surface area contributed by atoms with Crippen LogP contribution in [0.1, 0.15) is 12.5 Å². The van der Waals surface area contributed by atoms with Gasteiger partial charge in [0.15, 0.2) is 35.1 Å². The van der Waals surface area contributed by atoms with Crippen LogP contribution in [-0.4, -0.2) is 108 Å². The first kappa shape index (κ1) is 31.0. The van der Waals surface area contributed by atoms with Gasteiger partial charge in [0.25, 0.3) is 5.56 Å². The first-order chi connectivity index (χ1) is 22.4. The Morgan fingerprint density at radius 3 is 2.45 bits per heavy atom. The van der Waals surface area contributed by atoms with Crippen LogP contribution >= 0.6 is 26.9 Å². The minimum atomic E-state index is -5.03. The van der Waals surface area contributed by atoms with Crippen LogP contribution in [0.3, 0.4) is 0 Å². The Balaban J connectivity index is 1.12. The van der Waals surface area contributed by atoms with E-state index in [-0.39, 0.29) is 33.9 Å². The van der Waals surface area contributed by atoms with Crippen LogP contribution in [0.25, 0.3) is 28.1 Å². The van der Waals surface area contributed by atoms with Crippen LogP contribution in [0.2, 0.25) is 0 Å². The fourth-order valence-corrected chi connectivity index (χ4v) is 8.18. The quantitative estimate of drug-likeness (QED) is 0.0970. The number of anilines is 1. The summed E-state index contributed by atoms with van der Waals surface area (Å²) in [6.45, 7) is -5.79. The van der Waals surface area contributed by atoms with Crippen molar-refractivity contribution in [1.29, 1.82) is 0 Å². The summed E-state index contributed by atoms with van der Waals surface area (Å²) in [5.74, 6) is 0.238. The van der Waals surface area contributed by atoms with Gasteiger partial charge in [-0.15, -0.1) is 0 Å². The van der Waals surface area contributed by atoms with Crippen molar-refractivity contribution in [3.63, 3.8) is 0 Å². The molecular formula is C22H24N10O12P2S. The average Bonchev–Trinajstić information content (AvgIpc) is 3.85. The molecule has 0 radical (unpaired) electrons. The van der Waals surface area contributed by atoms with Crippen molar-refractivity contribution in [3.8, 4) is 0 Å². The largest absolute Gasteiger partial charge is 0.472 e. The normalized spacial score (nSPS) is 36.8. The first-order valence-electron chi connectivity index (χ1n) is 13.7. The maximum atomic E-state index is 13.6. The van der Waals surface area contributed by atoms with Gasteiger partial charge in [0, 0.05) is 12.4 Å². The molecule has 8 rings (SSSR count). The smallest absolute Gasteiger partial charge is 0.387 e. The maximum Gasteiger partial charge on any atom is 0.472 e. The molecule has 5 aromatic rings. The lowest BCUT2D eigenvalue weighted by Crippen LogP contribution is -2.36. The fourth-order valence-electron chi connectivity index (χ4n) is 5.76. The third-order valence-electron chi connectivity index (χ3n) is 7.94. The second-order valence-corrected chi connectivity index (χ2v) is 15.0. The molecule has 0 aromatic carbocycles. The number of nitrogens with zero attached hydrogens (tertiary/aromatic N) is 8. The van der Waals surface area contributed by atoms with E-state index in [0.29, 0.717) is 0 Å². The average molecular weight is 715 g/mol. The topological polar surface area (TPSA) is 288 Å². The highest BCUT2D eigenvalue weighted by Crippen LogP contribution is 2.58. The number of nitrogen functional groups attached to an aromatic ring is 1. The molecule has 3 aliphatic heterocycles. The van der Waals surface area contributed by atoms with E-state index in [1.807, 2.05) is 0 Å². The molecule has 0 saturated carbocycles. The maximum absolute atomic E-state index is 13.6. The zero-order chi connectivity index (χ0) is 32.8. The number of nitrogens with one attached hydrogen (secondary N) is 1. The predicted octanol–water partition coefficient (Wildman–Crippen LogP) is -0.734. The number of aromatic amines is 1. The van der Waals surface area contributed by atoms with Gasteiger partial charge in [0.05, 0.1) is 25.9 Å². The summed E-state index contributed by atoms with van der Waals surface area (Å²) < 4.78 is 64.2. The molecule has 25 heteroatoms. The molecule has 2 bridgehead atoms. The third-order valence-corrected chi connectivity index (χ3v) is 10.5. The number of aromatic nitrogens is 9. The summed E-state index contributed by atoms with van der Waals surface area (Å²) in [4.78, 5) is 47.0. The number of fused-ring (bicyclic) bond motifs is 6. The van der Waals surface area contributed by atoms with E-state index in [4.69, 9.17) is 33.3 Å². The predicted molar refractivity (Wildman–Crippen MR) is 157 cm³/mol. The number of phosphoric acid groups is 1. The second-order valence-electron chi connectivity index (χ2n) is 10.8. The summed E-state index contributed by atoms with van der Waals surface area (Å²) in [5, 5.41) is 22.4. The summed E-state index contributed by atoms with van der Waals surface area (Å²) in [7, 11) is -5.03. The third kappa shape index (κ3) is 5.19. The van der Waals surface area contributed by atoms with Crippen LogP contribution in [-0.2, 0) is 36.7 Å². The van der Waals surface area contributed by atoms with Crippen LogP contribution in [0, 0.1) is 0 Å². The van der Waals surface area contributed by atoms with Crippen LogP contribution in [0.5, 0.6) is 0 Å². The highest BCUT2D eigenvalue weighted by molar-refractivity contribution is 8.44. The Morgan fingerprint density at radius 1 is 0.915 bits per heavy atom. The fraction of sp³-hybridized carbons (Fsp3) is 0.455. The number of hydrogen-bond donors (Lipinski definition) is 6. The van der Waals surface area contributed by atoms with E-state index in [9.17, 15) is 29.0 Å². The number of aliphatic hydroxyl groups excluding tert-OH is 2. The van der Waals surface area contributed by atoms with Crippen molar-refractivity contribution >= 4 is 60.8 Å². The van der Waals surface area contributed by atoms with Crippen molar-refractivity contribution in [3.05, 3.63) is 41.7 Å². The summed E-state index contributed by atoms with van der Waals surface area (Å²) >= 11 is 4.08. The Labute approximate surface area is 265 Å². The molecule has 3 aliphatic rings. The van der Waals surface area contributed by atoms with Gasteiger partial charge in [-0.25, -0.2) is 29.1 Å². The highest BCUT2D eigenvalue weighted by atomic mass is 32.7. The Kier molecular flexibility index (Phi) is 7.33. The molecule has 3 fully saturated rings. The molecule has 8 heterocycles. The molecule has 10 atom stereocenters. The van der Waals surface area contributed by atoms with E-state index < -0.39 is 82.5 Å². The molecule has 0 spiro atoms. The first-order valence-corrected chi connectivity index (χ1v) is 17.9. The molecule has 0 aliphatic carbocycles. The molecular weight excluding hydrogens is 690 g/mol. The molecule has 6 N–H and O–H groups in total. The lowest BCUT2D eigenvalue weighted by atomic mass is 10.1. The number of nitrogens with two attached hydrogens (primary N) is 1. The van der Waals surface area contributed by atoms with Crippen molar-refractivity contribution in [2.75, 3.05) is 18.9 Å². The standard InChI is InChI=1S/C22H24N10O12P2S/c23-16-10-17(26-5-25-16)31(6-27-10)21-15-12(33)8(41-21)3-39-45(36,37)43-14-9(4-40-46(38,47)44-15)42-20(13(14)34)32-7-28-11-18(32)29-22-24-1-2-30(22)19(11)35/h1-2,5-9,12-15,20-21,33-34H,3-4H2,(H,24,29)(H,36,37)(H,38,47)(H2,23,25,26)/t8-,9-,12-,13-,14-,15-,20-,21-,46?/m1/s1. The Morgan fingerprint density at radius 2 is 1.64 bits per heavy atom. The van der Waals surface area contributed by atoms with Crippen LogP contribution < -0.4 is 11.3 Å². The van der Waals surface area contributed by atoms with Gasteiger partial charge in [-0.3, -0.25) is 36.4 Å². The molecule has 3 saturated heterocycles. The SMILES string of the molecule is Nc1ncnc2c1ncn2[C@@H]1O[C@@H]2COP(=O)(O)O[C@H]3[C@@H](O)[C@H](n4cnc5c(=O)n6cc[nH]c6nc54)O[C@@H]3COP(=O)(S)O[C@@H]1[C@@H]2O. The monoisotopic (exact) mass is 714 g/mol. The van der Waals surface area contributed by atoms with E-state index in [2.05, 4.69) is 42.2 Å². The number of H-pyrrole nitrogens is 1. The van der Waals surface area contributed by atoms with Gasteiger partial charge in [-0.1, -0.05) is 12.2 Å². The van der Waals surface area contributed by atoms with E-state index in [1.54, 1.807) is 0 Å². The highest BCUT2D eigenvalue weighted by Gasteiger charge is 2.53. The van der Waals surface area contributed by atoms with Crippen molar-refractivity contribution in [2.24, 2.45) is 0 Å². The zero-order valence-corrected chi connectivity index (χ0v) is 26.1. The van der Waals surface area contributed by atoms with E-state index in [0.717, 1.165) is 0 Å². The number of imidazole rings is 3. The zero-order valence-electron chi connectivity index (χ0n) is 23.4. The second kappa shape index (κ2) is 11.1. The summed E-state index contributed by atoms with van der Waals surface area (Å²) in [5.41, 5.74) is 5.75. The lowest BCUT2D eigenvalue weighted by molar-refractivity contribution is -0.0619. The number of phosphoric ester groups is 1. The molecule has 250 valence electrons. The molecule has 22 nitrogen and oxygen atoms in total. The van der Waals surface area contributed by atoms with Gasteiger partial charge >= 0.3 is 14.6 Å². The number of rotatable bonds is 2. The van der Waals surface area contributed by atoms with Gasteiger partial charge in [-0.2, -0.15) is 4.98 Å². The number of thiol groups is 1. The van der Waals surface area contributed by atoms with Gasteiger partial charge < -0.3 is 35.3 Å². The summed E-state index contributed by atoms with van der Waals surface area (Å²) in [6.07, 6.45) is -5.18. The van der Waals surface area contributed by atoms with Crippen molar-refractivity contribution in [1.82, 2.24) is 43.4 Å². The van der Waals surface area contributed by atoms with Gasteiger partial charge in [0.2, 0.25) is 5.78 Å². The number of aliphatic hydroxyl groups is 2. The molecule has 5 aromatic heterocycles. The molecule has 47 heavy (non-hydrogen) atoms. The minimum absolute atomic E-state index is 0.0238. The van der Waals surface area contributed by atoms with E-state index in [1.165, 1.54) is 44.9 Å². The molecule has 2 unspecified atom stereocenters. The van der Waals surface area contributed by atoms with Gasteiger partial charge in [-0.05, 0) is 0 Å². The number of ether oxygens (including phenoxy) is 2.